The Morgan fingerprint density at radius 2 is 2.12 bits per heavy atom. The third kappa shape index (κ3) is 3.66. The van der Waals surface area contributed by atoms with Gasteiger partial charge in [0.25, 0.3) is 0 Å². The smallest absolute Gasteiger partial charge is 0.188 e. The quantitative estimate of drug-likeness (QED) is 0.548. The third-order valence-corrected chi connectivity index (χ3v) is 2.18. The van der Waals surface area contributed by atoms with E-state index in [1.807, 2.05) is 18.2 Å². The van der Waals surface area contributed by atoms with Gasteiger partial charge in [-0.25, -0.2) is 0 Å². The standard InChI is InChI=1S/C13H18O3/c1-10(2)6-11-4-5-13(16-9-15-3)12(7-11)8-14/h4-5,7-8,10H,6,9H2,1-3H3. The molecule has 16 heavy (non-hydrogen) atoms. The summed E-state index contributed by atoms with van der Waals surface area (Å²) in [5.74, 6) is 1.15. The lowest BCUT2D eigenvalue weighted by Gasteiger charge is -2.10. The highest BCUT2D eigenvalue weighted by Crippen LogP contribution is 2.20. The minimum absolute atomic E-state index is 0.157. The van der Waals surface area contributed by atoms with E-state index in [1.54, 1.807) is 7.11 Å². The zero-order valence-electron chi connectivity index (χ0n) is 10.0. The van der Waals surface area contributed by atoms with Gasteiger partial charge in [-0.1, -0.05) is 19.9 Å². The van der Waals surface area contributed by atoms with Gasteiger partial charge in [-0.05, 0) is 30.0 Å². The second-order valence-corrected chi connectivity index (χ2v) is 4.14. The van der Waals surface area contributed by atoms with Crippen molar-refractivity contribution in [2.45, 2.75) is 20.3 Å². The van der Waals surface area contributed by atoms with Crippen molar-refractivity contribution >= 4 is 6.29 Å². The molecule has 0 bridgehead atoms. The van der Waals surface area contributed by atoms with Crippen LogP contribution in [0.3, 0.4) is 0 Å². The molecule has 88 valence electrons. The molecular formula is C13H18O3. The van der Waals surface area contributed by atoms with Gasteiger partial charge >= 0.3 is 0 Å². The van der Waals surface area contributed by atoms with Crippen LogP contribution in [0.1, 0.15) is 29.8 Å². The van der Waals surface area contributed by atoms with Crippen molar-refractivity contribution in [3.8, 4) is 5.75 Å². The van der Waals surface area contributed by atoms with E-state index in [-0.39, 0.29) is 6.79 Å². The van der Waals surface area contributed by atoms with Gasteiger partial charge in [-0.3, -0.25) is 4.79 Å². The molecule has 1 rings (SSSR count). The van der Waals surface area contributed by atoms with Crippen LogP contribution < -0.4 is 4.74 Å². The number of rotatable bonds is 6. The van der Waals surface area contributed by atoms with E-state index in [9.17, 15) is 4.79 Å². The first kappa shape index (κ1) is 12.7. The fourth-order valence-corrected chi connectivity index (χ4v) is 1.54. The number of aldehydes is 1. The summed E-state index contributed by atoms with van der Waals surface area (Å²) in [7, 11) is 1.55. The number of carbonyl (C=O) groups excluding carboxylic acids is 1. The van der Waals surface area contributed by atoms with Gasteiger partial charge in [0.2, 0.25) is 0 Å². The number of carbonyl (C=O) groups is 1. The van der Waals surface area contributed by atoms with E-state index in [0.29, 0.717) is 17.2 Å². The summed E-state index contributed by atoms with van der Waals surface area (Å²) < 4.78 is 10.1. The topological polar surface area (TPSA) is 35.5 Å². The first-order valence-electron chi connectivity index (χ1n) is 5.37. The summed E-state index contributed by atoms with van der Waals surface area (Å²) in [6.45, 7) is 4.45. The predicted octanol–water partition coefficient (Wildman–Crippen LogP) is 2.68. The second kappa shape index (κ2) is 6.28. The van der Waals surface area contributed by atoms with E-state index in [2.05, 4.69) is 13.8 Å². The molecule has 0 aliphatic rings. The Hall–Kier alpha value is -1.35. The normalized spacial score (nSPS) is 10.5. The molecule has 1 aromatic rings. The van der Waals surface area contributed by atoms with Gasteiger partial charge in [0.05, 0.1) is 5.56 Å². The van der Waals surface area contributed by atoms with Crippen molar-refractivity contribution in [3.63, 3.8) is 0 Å². The van der Waals surface area contributed by atoms with Crippen LogP contribution in [0.4, 0.5) is 0 Å². The fraction of sp³-hybridized carbons (Fsp3) is 0.462. The van der Waals surface area contributed by atoms with E-state index in [0.717, 1.165) is 18.3 Å². The van der Waals surface area contributed by atoms with Crippen LogP contribution >= 0.6 is 0 Å². The Kier molecular flexibility index (Phi) is 4.99. The van der Waals surface area contributed by atoms with E-state index in [4.69, 9.17) is 9.47 Å². The van der Waals surface area contributed by atoms with Crippen LogP contribution in [0, 0.1) is 5.92 Å². The average Bonchev–Trinajstić information content (AvgIpc) is 2.26. The number of hydrogen-bond donors (Lipinski definition) is 0. The van der Waals surface area contributed by atoms with Crippen molar-refractivity contribution in [1.29, 1.82) is 0 Å². The molecule has 0 radical (unpaired) electrons. The van der Waals surface area contributed by atoms with Crippen LogP contribution in [0.15, 0.2) is 18.2 Å². The van der Waals surface area contributed by atoms with E-state index < -0.39 is 0 Å². The van der Waals surface area contributed by atoms with Crippen molar-refractivity contribution in [2.24, 2.45) is 5.92 Å². The van der Waals surface area contributed by atoms with Crippen molar-refractivity contribution in [3.05, 3.63) is 29.3 Å². The molecular weight excluding hydrogens is 204 g/mol. The SMILES string of the molecule is COCOc1ccc(CC(C)C)cc1C=O. The maximum atomic E-state index is 10.9. The lowest BCUT2D eigenvalue weighted by atomic mass is 10.0. The van der Waals surface area contributed by atoms with Crippen LogP contribution in [-0.4, -0.2) is 20.2 Å². The lowest BCUT2D eigenvalue weighted by Crippen LogP contribution is -2.02. The second-order valence-electron chi connectivity index (χ2n) is 4.14. The first-order valence-corrected chi connectivity index (χ1v) is 5.37. The number of benzene rings is 1. The van der Waals surface area contributed by atoms with Crippen LogP contribution in [0.2, 0.25) is 0 Å². The molecule has 0 atom stereocenters. The molecule has 0 aliphatic carbocycles. The van der Waals surface area contributed by atoms with Crippen LogP contribution in [-0.2, 0) is 11.2 Å². The molecule has 0 aromatic heterocycles. The monoisotopic (exact) mass is 222 g/mol. The third-order valence-electron chi connectivity index (χ3n) is 2.18. The maximum Gasteiger partial charge on any atom is 0.188 e. The molecule has 3 nitrogen and oxygen atoms in total. The summed E-state index contributed by atoms with van der Waals surface area (Å²) >= 11 is 0. The Morgan fingerprint density at radius 3 is 2.69 bits per heavy atom. The first-order chi connectivity index (χ1) is 7.67. The van der Waals surface area contributed by atoms with Crippen molar-refractivity contribution in [1.82, 2.24) is 0 Å². The molecule has 0 fully saturated rings. The molecule has 0 aliphatic heterocycles. The number of methoxy groups -OCH3 is 1. The van der Waals surface area contributed by atoms with E-state index >= 15 is 0 Å². The molecule has 0 N–H and O–H groups in total. The summed E-state index contributed by atoms with van der Waals surface area (Å²) in [4.78, 5) is 10.9. The molecule has 0 unspecified atom stereocenters. The zero-order chi connectivity index (χ0) is 12.0. The van der Waals surface area contributed by atoms with Gasteiger partial charge in [0.15, 0.2) is 13.1 Å². The number of hydrogen-bond acceptors (Lipinski definition) is 3. The molecule has 0 heterocycles. The summed E-state index contributed by atoms with van der Waals surface area (Å²) in [6, 6.07) is 5.68. The largest absolute Gasteiger partial charge is 0.467 e. The highest BCUT2D eigenvalue weighted by molar-refractivity contribution is 5.79. The maximum absolute atomic E-state index is 10.9. The van der Waals surface area contributed by atoms with Crippen molar-refractivity contribution < 1.29 is 14.3 Å². The Labute approximate surface area is 96.4 Å². The zero-order valence-corrected chi connectivity index (χ0v) is 10.0. The minimum Gasteiger partial charge on any atom is -0.467 e. The summed E-state index contributed by atoms with van der Waals surface area (Å²) in [6.07, 6.45) is 1.78. The van der Waals surface area contributed by atoms with Gasteiger partial charge in [-0.2, -0.15) is 0 Å². The molecule has 0 saturated carbocycles. The van der Waals surface area contributed by atoms with Crippen molar-refractivity contribution in [2.75, 3.05) is 13.9 Å². The van der Waals surface area contributed by atoms with Gasteiger partial charge < -0.3 is 9.47 Å². The number of ether oxygens (including phenoxy) is 2. The lowest BCUT2D eigenvalue weighted by molar-refractivity contribution is 0.0505. The predicted molar refractivity (Wildman–Crippen MR) is 62.9 cm³/mol. The van der Waals surface area contributed by atoms with Crippen LogP contribution in [0.25, 0.3) is 0 Å². The summed E-state index contributed by atoms with van der Waals surface area (Å²) in [5.41, 5.74) is 1.73. The average molecular weight is 222 g/mol. The fourth-order valence-electron chi connectivity index (χ4n) is 1.54. The highest BCUT2D eigenvalue weighted by atomic mass is 16.7. The van der Waals surface area contributed by atoms with E-state index in [1.165, 1.54) is 0 Å². The van der Waals surface area contributed by atoms with Gasteiger partial charge in [-0.15, -0.1) is 0 Å². The summed E-state index contributed by atoms with van der Waals surface area (Å²) in [5, 5.41) is 0. The Bertz CT molecular complexity index is 345. The molecule has 0 amide bonds. The molecule has 0 saturated heterocycles. The van der Waals surface area contributed by atoms with Gasteiger partial charge in [0.1, 0.15) is 5.75 Å². The molecule has 3 heteroatoms. The van der Waals surface area contributed by atoms with Gasteiger partial charge in [0, 0.05) is 7.11 Å². The Balaban J connectivity index is 2.84. The minimum atomic E-state index is 0.157. The van der Waals surface area contributed by atoms with Crippen LogP contribution in [0.5, 0.6) is 5.75 Å². The molecule has 0 spiro atoms. The highest BCUT2D eigenvalue weighted by Gasteiger charge is 2.05. The molecule has 1 aromatic carbocycles. The Morgan fingerprint density at radius 1 is 1.38 bits per heavy atom.